The number of carboxylic acid groups (broad SMARTS) is 1. The maximum Gasteiger partial charge on any atom is 0.357 e. The van der Waals surface area contributed by atoms with Gasteiger partial charge in [0.05, 0.1) is 6.26 Å². The van der Waals surface area contributed by atoms with Gasteiger partial charge in [0.15, 0.2) is 5.69 Å². The maximum atomic E-state index is 10.7. The number of carboxylic acids is 1. The summed E-state index contributed by atoms with van der Waals surface area (Å²) < 4.78 is 28.6. The van der Waals surface area contributed by atoms with Gasteiger partial charge in [0.1, 0.15) is 6.26 Å². The van der Waals surface area contributed by atoms with Gasteiger partial charge in [-0.25, -0.2) is 17.9 Å². The summed E-state index contributed by atoms with van der Waals surface area (Å²) in [5.41, 5.74) is -0.179. The Morgan fingerprint density at radius 3 is 2.76 bits per heavy atom. The summed E-state index contributed by atoms with van der Waals surface area (Å²) in [6.45, 7) is 0.709. The number of rotatable bonds is 7. The second kappa shape index (κ2) is 5.64. The molecular formula is C8H13N3O5S. The fraction of sp³-hybridized carbons (Fsp3) is 0.500. The van der Waals surface area contributed by atoms with Crippen LogP contribution in [-0.4, -0.2) is 43.8 Å². The molecule has 1 aromatic heterocycles. The first kappa shape index (κ1) is 13.5. The van der Waals surface area contributed by atoms with E-state index in [1.54, 1.807) is 0 Å². The van der Waals surface area contributed by atoms with Crippen LogP contribution in [0, 0.1) is 0 Å². The average Bonchev–Trinajstić information content (AvgIpc) is 2.64. The van der Waals surface area contributed by atoms with E-state index in [2.05, 4.69) is 15.0 Å². The van der Waals surface area contributed by atoms with E-state index in [4.69, 9.17) is 9.52 Å². The molecule has 0 unspecified atom stereocenters. The molecule has 0 aliphatic rings. The summed E-state index contributed by atoms with van der Waals surface area (Å²) in [5, 5.41) is 11.3. The van der Waals surface area contributed by atoms with E-state index in [0.717, 1.165) is 12.5 Å². The van der Waals surface area contributed by atoms with Gasteiger partial charge in [-0.3, -0.25) is 0 Å². The molecule has 0 aromatic carbocycles. The van der Waals surface area contributed by atoms with Crippen LogP contribution in [0.15, 0.2) is 10.7 Å². The molecule has 0 atom stereocenters. The molecule has 17 heavy (non-hydrogen) atoms. The van der Waals surface area contributed by atoms with Crippen molar-refractivity contribution in [2.45, 2.75) is 6.42 Å². The van der Waals surface area contributed by atoms with E-state index < -0.39 is 16.0 Å². The molecule has 1 heterocycles. The average molecular weight is 263 g/mol. The van der Waals surface area contributed by atoms with Crippen molar-refractivity contribution in [2.75, 3.05) is 24.7 Å². The second-order valence-electron chi connectivity index (χ2n) is 3.29. The number of nitrogens with one attached hydrogen (secondary N) is 2. The SMILES string of the molecule is CS(=O)(=O)NCCCNc1nc(C(=O)O)co1. The van der Waals surface area contributed by atoms with Crippen LogP contribution in [0.3, 0.4) is 0 Å². The van der Waals surface area contributed by atoms with Crippen molar-refractivity contribution in [3.05, 3.63) is 12.0 Å². The highest BCUT2D eigenvalue weighted by Crippen LogP contribution is 2.06. The molecule has 0 saturated carbocycles. The van der Waals surface area contributed by atoms with Gasteiger partial charge >= 0.3 is 5.97 Å². The molecule has 0 aliphatic carbocycles. The minimum atomic E-state index is -3.17. The second-order valence-corrected chi connectivity index (χ2v) is 5.12. The highest BCUT2D eigenvalue weighted by Gasteiger charge is 2.09. The van der Waals surface area contributed by atoms with E-state index in [9.17, 15) is 13.2 Å². The number of nitrogens with zero attached hydrogens (tertiary/aromatic N) is 1. The normalized spacial score (nSPS) is 11.4. The standard InChI is InChI=1S/C8H13N3O5S/c1-17(14,15)10-4-2-3-9-8-11-6(5-16-8)7(12)13/h5,10H,2-4H2,1H3,(H,9,11)(H,12,13). The van der Waals surface area contributed by atoms with E-state index >= 15 is 0 Å². The number of sulfonamides is 1. The summed E-state index contributed by atoms with van der Waals surface area (Å²) in [4.78, 5) is 14.1. The minimum absolute atomic E-state index is 0.0988. The minimum Gasteiger partial charge on any atom is -0.476 e. The van der Waals surface area contributed by atoms with Gasteiger partial charge in [0, 0.05) is 13.1 Å². The predicted octanol–water partition coefficient (Wildman–Crippen LogP) is -0.276. The number of aromatic nitrogens is 1. The summed E-state index contributed by atoms with van der Waals surface area (Å²) in [7, 11) is -3.17. The fourth-order valence-corrected chi connectivity index (χ4v) is 1.51. The maximum absolute atomic E-state index is 10.7. The Morgan fingerprint density at radius 1 is 1.53 bits per heavy atom. The van der Waals surface area contributed by atoms with Gasteiger partial charge in [-0.05, 0) is 6.42 Å². The zero-order chi connectivity index (χ0) is 12.9. The van der Waals surface area contributed by atoms with Crippen LogP contribution < -0.4 is 10.0 Å². The molecule has 9 heteroatoms. The molecule has 0 fully saturated rings. The lowest BCUT2D eigenvalue weighted by atomic mass is 10.4. The number of hydrogen-bond donors (Lipinski definition) is 3. The topological polar surface area (TPSA) is 122 Å². The highest BCUT2D eigenvalue weighted by atomic mass is 32.2. The first-order valence-electron chi connectivity index (χ1n) is 4.76. The Labute approximate surface area is 98.1 Å². The fourth-order valence-electron chi connectivity index (χ4n) is 0.994. The summed E-state index contributed by atoms with van der Waals surface area (Å²) in [5.74, 6) is -1.17. The predicted molar refractivity (Wildman–Crippen MR) is 59.4 cm³/mol. The third kappa shape index (κ3) is 5.31. The largest absolute Gasteiger partial charge is 0.476 e. The van der Waals surface area contributed by atoms with Crippen molar-refractivity contribution >= 4 is 22.0 Å². The molecule has 1 aromatic rings. The third-order valence-corrected chi connectivity index (χ3v) is 2.45. The number of aromatic carboxylic acids is 1. The monoisotopic (exact) mass is 263 g/mol. The quantitative estimate of drug-likeness (QED) is 0.578. The van der Waals surface area contributed by atoms with Gasteiger partial charge < -0.3 is 14.8 Å². The highest BCUT2D eigenvalue weighted by molar-refractivity contribution is 7.88. The molecule has 3 N–H and O–H groups in total. The zero-order valence-corrected chi connectivity index (χ0v) is 9.95. The zero-order valence-electron chi connectivity index (χ0n) is 9.13. The van der Waals surface area contributed by atoms with E-state index in [-0.39, 0.29) is 11.7 Å². The first-order chi connectivity index (χ1) is 7.88. The number of oxazole rings is 1. The molecule has 0 bridgehead atoms. The summed E-state index contributed by atoms with van der Waals surface area (Å²) in [6, 6.07) is 0.0988. The van der Waals surface area contributed by atoms with Gasteiger partial charge in [-0.15, -0.1) is 0 Å². The van der Waals surface area contributed by atoms with Gasteiger partial charge in [-0.2, -0.15) is 4.98 Å². The number of hydrogen-bond acceptors (Lipinski definition) is 6. The molecule has 0 aliphatic heterocycles. The molecule has 0 radical (unpaired) electrons. The van der Waals surface area contributed by atoms with Gasteiger partial charge in [0.25, 0.3) is 6.01 Å². The Bertz CT molecular complexity index is 481. The molecule has 1 rings (SSSR count). The van der Waals surface area contributed by atoms with Crippen LogP contribution in [0.1, 0.15) is 16.9 Å². The Balaban J connectivity index is 2.24. The van der Waals surface area contributed by atoms with Crippen molar-refractivity contribution in [3.8, 4) is 0 Å². The van der Waals surface area contributed by atoms with Crippen molar-refractivity contribution in [1.29, 1.82) is 0 Å². The van der Waals surface area contributed by atoms with E-state index in [0.29, 0.717) is 19.5 Å². The van der Waals surface area contributed by atoms with E-state index in [1.807, 2.05) is 0 Å². The number of anilines is 1. The first-order valence-corrected chi connectivity index (χ1v) is 6.65. The molecule has 8 nitrogen and oxygen atoms in total. The number of carbonyl (C=O) groups is 1. The van der Waals surface area contributed by atoms with Gasteiger partial charge in [0.2, 0.25) is 10.0 Å². The Kier molecular flexibility index (Phi) is 4.46. The van der Waals surface area contributed by atoms with E-state index in [1.165, 1.54) is 0 Å². The summed E-state index contributed by atoms with van der Waals surface area (Å²) >= 11 is 0. The van der Waals surface area contributed by atoms with Crippen molar-refractivity contribution in [2.24, 2.45) is 0 Å². The third-order valence-electron chi connectivity index (χ3n) is 1.72. The van der Waals surface area contributed by atoms with Crippen LogP contribution in [0.4, 0.5) is 6.01 Å². The van der Waals surface area contributed by atoms with Crippen LogP contribution in [0.5, 0.6) is 0 Å². The van der Waals surface area contributed by atoms with Crippen LogP contribution in [0.2, 0.25) is 0 Å². The molecule has 0 saturated heterocycles. The lowest BCUT2D eigenvalue weighted by Gasteiger charge is -2.02. The lowest BCUT2D eigenvalue weighted by molar-refractivity contribution is 0.0690. The lowest BCUT2D eigenvalue weighted by Crippen LogP contribution is -2.24. The van der Waals surface area contributed by atoms with Crippen molar-refractivity contribution in [1.82, 2.24) is 9.71 Å². The van der Waals surface area contributed by atoms with Gasteiger partial charge in [-0.1, -0.05) is 0 Å². The van der Waals surface area contributed by atoms with Crippen molar-refractivity contribution in [3.63, 3.8) is 0 Å². The summed E-state index contributed by atoms with van der Waals surface area (Å²) in [6.07, 6.45) is 2.63. The van der Waals surface area contributed by atoms with Crippen LogP contribution in [-0.2, 0) is 10.0 Å². The molecule has 0 amide bonds. The molecule has 96 valence electrons. The molecule has 0 spiro atoms. The Morgan fingerprint density at radius 2 is 2.24 bits per heavy atom. The Hall–Kier alpha value is -1.61. The van der Waals surface area contributed by atoms with Crippen LogP contribution >= 0.6 is 0 Å². The van der Waals surface area contributed by atoms with Crippen molar-refractivity contribution < 1.29 is 22.7 Å². The molecular weight excluding hydrogens is 250 g/mol. The van der Waals surface area contributed by atoms with Crippen LogP contribution in [0.25, 0.3) is 0 Å². The smallest absolute Gasteiger partial charge is 0.357 e.